The van der Waals surface area contributed by atoms with E-state index < -0.39 is 0 Å². The Morgan fingerprint density at radius 2 is 2.15 bits per heavy atom. The summed E-state index contributed by atoms with van der Waals surface area (Å²) in [6.07, 6.45) is 14.1. The van der Waals surface area contributed by atoms with Crippen molar-refractivity contribution in [1.29, 1.82) is 0 Å². The molecule has 0 saturated heterocycles. The maximum absolute atomic E-state index is 2.30. The van der Waals surface area contributed by atoms with Crippen LogP contribution in [0.1, 0.15) is 27.2 Å². The van der Waals surface area contributed by atoms with Crippen molar-refractivity contribution in [2.75, 3.05) is 0 Å². The van der Waals surface area contributed by atoms with Gasteiger partial charge in [-0.1, -0.05) is 50.3 Å². The molecule has 13 heavy (non-hydrogen) atoms. The summed E-state index contributed by atoms with van der Waals surface area (Å²) in [5, 5.41) is 0. The Labute approximate surface area is 81.4 Å². The van der Waals surface area contributed by atoms with Crippen LogP contribution >= 0.6 is 0 Å². The van der Waals surface area contributed by atoms with Gasteiger partial charge in [0.25, 0.3) is 0 Å². The van der Waals surface area contributed by atoms with Gasteiger partial charge in [0.05, 0.1) is 0 Å². The summed E-state index contributed by atoms with van der Waals surface area (Å²) >= 11 is 0. The van der Waals surface area contributed by atoms with Crippen molar-refractivity contribution in [2.24, 2.45) is 5.92 Å². The minimum Gasteiger partial charge on any atom is -0.0842 e. The molecule has 0 amide bonds. The Morgan fingerprint density at radius 3 is 2.62 bits per heavy atom. The molecule has 0 nitrogen and oxygen atoms in total. The van der Waals surface area contributed by atoms with Crippen molar-refractivity contribution in [3.8, 4) is 0 Å². The Morgan fingerprint density at radius 1 is 1.38 bits per heavy atom. The Hall–Kier alpha value is -1.04. The van der Waals surface area contributed by atoms with Crippen LogP contribution in [0.3, 0.4) is 0 Å². The molecule has 0 spiro atoms. The van der Waals surface area contributed by atoms with Gasteiger partial charge in [0.1, 0.15) is 0 Å². The summed E-state index contributed by atoms with van der Waals surface area (Å²) in [6, 6.07) is 0. The second-order valence-electron chi connectivity index (χ2n) is 3.65. The Bertz CT molecular complexity index is 272. The highest BCUT2D eigenvalue weighted by Crippen LogP contribution is 2.17. The second kappa shape index (κ2) is 4.86. The summed E-state index contributed by atoms with van der Waals surface area (Å²) in [6.45, 7) is 6.57. The van der Waals surface area contributed by atoms with Crippen LogP contribution in [0.15, 0.2) is 47.6 Å². The second-order valence-corrected chi connectivity index (χ2v) is 3.65. The zero-order valence-electron chi connectivity index (χ0n) is 8.75. The smallest absolute Gasteiger partial charge is 0.00942 e. The van der Waals surface area contributed by atoms with E-state index in [0.717, 1.165) is 6.42 Å². The fourth-order valence-electron chi connectivity index (χ4n) is 1.43. The van der Waals surface area contributed by atoms with E-state index in [2.05, 4.69) is 57.2 Å². The van der Waals surface area contributed by atoms with Gasteiger partial charge in [-0.3, -0.25) is 0 Å². The van der Waals surface area contributed by atoms with E-state index in [1.165, 1.54) is 11.1 Å². The topological polar surface area (TPSA) is 0 Å². The molecule has 0 N–H and O–H groups in total. The maximum Gasteiger partial charge on any atom is -0.00942 e. The first kappa shape index (κ1) is 10.0. The molecular weight excluding hydrogens is 156 g/mol. The van der Waals surface area contributed by atoms with Crippen molar-refractivity contribution in [3.05, 3.63) is 47.6 Å². The summed E-state index contributed by atoms with van der Waals surface area (Å²) < 4.78 is 0. The first-order valence-electron chi connectivity index (χ1n) is 4.94. The first-order valence-corrected chi connectivity index (χ1v) is 4.94. The maximum atomic E-state index is 2.30. The number of allylic oxidation sites excluding steroid dienone is 8. The van der Waals surface area contributed by atoms with Crippen molar-refractivity contribution >= 4 is 0 Å². The SMILES string of the molecule is C/C=C(\C=C1\C=CC=CC1)C(C)C. The van der Waals surface area contributed by atoms with Gasteiger partial charge in [-0.25, -0.2) is 0 Å². The molecule has 0 atom stereocenters. The molecule has 0 bridgehead atoms. The minimum atomic E-state index is 0.622. The van der Waals surface area contributed by atoms with Gasteiger partial charge in [-0.2, -0.15) is 0 Å². The third-order valence-corrected chi connectivity index (χ3v) is 2.26. The van der Waals surface area contributed by atoms with Gasteiger partial charge in [0.15, 0.2) is 0 Å². The van der Waals surface area contributed by atoms with E-state index in [1.807, 2.05) is 0 Å². The van der Waals surface area contributed by atoms with Crippen LogP contribution in [0.25, 0.3) is 0 Å². The molecule has 1 rings (SSSR count). The molecule has 0 fully saturated rings. The standard InChI is InChI=1S/C13H18/c1-4-13(11(2)3)10-12-8-6-5-7-9-12/h4-8,10-11H,9H2,1-3H3/b12-10-,13-4+. The molecule has 0 saturated carbocycles. The molecule has 0 heteroatoms. The van der Waals surface area contributed by atoms with E-state index >= 15 is 0 Å². The van der Waals surface area contributed by atoms with Gasteiger partial charge < -0.3 is 0 Å². The van der Waals surface area contributed by atoms with Crippen LogP contribution in [0.4, 0.5) is 0 Å². The predicted octanol–water partition coefficient (Wildman–Crippen LogP) is 4.03. The molecule has 70 valence electrons. The molecule has 0 aromatic heterocycles. The van der Waals surface area contributed by atoms with Gasteiger partial charge in [-0.05, 0) is 30.4 Å². The fourth-order valence-corrected chi connectivity index (χ4v) is 1.43. The summed E-state index contributed by atoms with van der Waals surface area (Å²) in [4.78, 5) is 0. The highest BCUT2D eigenvalue weighted by Gasteiger charge is 2.00. The molecule has 1 aliphatic carbocycles. The van der Waals surface area contributed by atoms with Gasteiger partial charge in [0, 0.05) is 0 Å². The van der Waals surface area contributed by atoms with Crippen LogP contribution in [0.5, 0.6) is 0 Å². The zero-order valence-corrected chi connectivity index (χ0v) is 8.75. The third kappa shape index (κ3) is 3.06. The minimum absolute atomic E-state index is 0.622. The average molecular weight is 174 g/mol. The lowest BCUT2D eigenvalue weighted by Gasteiger charge is -2.08. The highest BCUT2D eigenvalue weighted by molar-refractivity contribution is 5.36. The first-order chi connectivity index (χ1) is 6.24. The highest BCUT2D eigenvalue weighted by atomic mass is 14.1. The van der Waals surface area contributed by atoms with E-state index in [0.29, 0.717) is 5.92 Å². The third-order valence-electron chi connectivity index (χ3n) is 2.26. The predicted molar refractivity (Wildman–Crippen MR) is 59.6 cm³/mol. The average Bonchev–Trinajstić information content (AvgIpc) is 2.15. The van der Waals surface area contributed by atoms with Crippen LogP contribution in [0, 0.1) is 5.92 Å². The molecule has 0 aromatic rings. The summed E-state index contributed by atoms with van der Waals surface area (Å²) in [5.41, 5.74) is 2.83. The molecule has 0 aromatic carbocycles. The van der Waals surface area contributed by atoms with E-state index in [4.69, 9.17) is 0 Å². The van der Waals surface area contributed by atoms with Gasteiger partial charge >= 0.3 is 0 Å². The van der Waals surface area contributed by atoms with Gasteiger partial charge in [-0.15, -0.1) is 0 Å². The van der Waals surface area contributed by atoms with Crippen LogP contribution in [0.2, 0.25) is 0 Å². The molecule has 0 aliphatic heterocycles. The van der Waals surface area contributed by atoms with Gasteiger partial charge in [0.2, 0.25) is 0 Å². The number of hydrogen-bond acceptors (Lipinski definition) is 0. The van der Waals surface area contributed by atoms with Crippen molar-refractivity contribution in [1.82, 2.24) is 0 Å². The van der Waals surface area contributed by atoms with Crippen LogP contribution in [-0.4, -0.2) is 0 Å². The summed E-state index contributed by atoms with van der Waals surface area (Å²) in [7, 11) is 0. The zero-order chi connectivity index (χ0) is 9.68. The van der Waals surface area contributed by atoms with Crippen LogP contribution < -0.4 is 0 Å². The molecule has 0 unspecified atom stereocenters. The Balaban J connectivity index is 2.74. The normalized spacial score (nSPS) is 20.3. The Kier molecular flexibility index (Phi) is 3.75. The van der Waals surface area contributed by atoms with E-state index in [1.54, 1.807) is 0 Å². The largest absolute Gasteiger partial charge is 0.0842 e. The lowest BCUT2D eigenvalue weighted by Crippen LogP contribution is -1.92. The van der Waals surface area contributed by atoms with Crippen LogP contribution in [-0.2, 0) is 0 Å². The van der Waals surface area contributed by atoms with Crippen molar-refractivity contribution in [3.63, 3.8) is 0 Å². The van der Waals surface area contributed by atoms with E-state index in [9.17, 15) is 0 Å². The lowest BCUT2D eigenvalue weighted by molar-refractivity contribution is 0.787. The lowest BCUT2D eigenvalue weighted by atomic mass is 9.97. The molecule has 1 aliphatic rings. The molecule has 0 heterocycles. The fraction of sp³-hybridized carbons (Fsp3) is 0.385. The summed E-state index contributed by atoms with van der Waals surface area (Å²) in [5.74, 6) is 0.622. The number of hydrogen-bond donors (Lipinski definition) is 0. The quantitative estimate of drug-likeness (QED) is 0.593. The molecule has 0 radical (unpaired) electrons. The number of rotatable bonds is 2. The monoisotopic (exact) mass is 174 g/mol. The van der Waals surface area contributed by atoms with Crippen molar-refractivity contribution in [2.45, 2.75) is 27.2 Å². The van der Waals surface area contributed by atoms with E-state index in [-0.39, 0.29) is 0 Å². The van der Waals surface area contributed by atoms with Crippen molar-refractivity contribution < 1.29 is 0 Å². The molecular formula is C13H18.